The van der Waals surface area contributed by atoms with Crippen molar-refractivity contribution in [3.63, 3.8) is 0 Å². The van der Waals surface area contributed by atoms with Gasteiger partial charge in [-0.2, -0.15) is 0 Å². The van der Waals surface area contributed by atoms with Gasteiger partial charge in [0.1, 0.15) is 0 Å². The minimum Gasteiger partial charge on any atom is -0.350 e. The minimum absolute atomic E-state index is 0. The SMILES string of the molecule is CCC(N)(CC)CNC(=O)c1ccccc1C(C)=O.Cl. The van der Waals surface area contributed by atoms with Crippen LogP contribution in [-0.2, 0) is 0 Å². The van der Waals surface area contributed by atoms with E-state index < -0.39 is 0 Å². The van der Waals surface area contributed by atoms with E-state index in [0.717, 1.165) is 12.8 Å². The van der Waals surface area contributed by atoms with Crippen molar-refractivity contribution in [1.82, 2.24) is 5.32 Å². The molecule has 4 nitrogen and oxygen atoms in total. The standard InChI is InChI=1S/C15H22N2O2.ClH/c1-4-15(16,5-2)10-17-14(19)13-9-7-6-8-12(13)11(3)18;/h6-9H,4-5,10,16H2,1-3H3,(H,17,19);1H. The van der Waals surface area contributed by atoms with Crippen LogP contribution >= 0.6 is 12.4 Å². The van der Waals surface area contributed by atoms with Gasteiger partial charge in [0, 0.05) is 17.6 Å². The van der Waals surface area contributed by atoms with E-state index >= 15 is 0 Å². The maximum atomic E-state index is 12.1. The maximum Gasteiger partial charge on any atom is 0.252 e. The van der Waals surface area contributed by atoms with E-state index in [1.54, 1.807) is 24.3 Å². The number of amides is 1. The number of nitrogens with one attached hydrogen (secondary N) is 1. The van der Waals surface area contributed by atoms with Crippen LogP contribution in [0.2, 0.25) is 0 Å². The van der Waals surface area contributed by atoms with E-state index in [-0.39, 0.29) is 29.6 Å². The van der Waals surface area contributed by atoms with Crippen LogP contribution in [0.5, 0.6) is 0 Å². The van der Waals surface area contributed by atoms with Crippen molar-refractivity contribution >= 4 is 24.1 Å². The highest BCUT2D eigenvalue weighted by Gasteiger charge is 2.22. The van der Waals surface area contributed by atoms with Gasteiger partial charge in [-0.3, -0.25) is 9.59 Å². The summed E-state index contributed by atoms with van der Waals surface area (Å²) in [6.07, 6.45) is 1.58. The summed E-state index contributed by atoms with van der Waals surface area (Å²) in [4.78, 5) is 23.6. The van der Waals surface area contributed by atoms with Crippen LogP contribution in [0.4, 0.5) is 0 Å². The third-order valence-electron chi connectivity index (χ3n) is 3.56. The van der Waals surface area contributed by atoms with Gasteiger partial charge in [0.25, 0.3) is 5.91 Å². The van der Waals surface area contributed by atoms with Crippen LogP contribution in [0.3, 0.4) is 0 Å². The smallest absolute Gasteiger partial charge is 0.252 e. The van der Waals surface area contributed by atoms with Gasteiger partial charge in [-0.25, -0.2) is 0 Å². The van der Waals surface area contributed by atoms with E-state index in [0.29, 0.717) is 17.7 Å². The van der Waals surface area contributed by atoms with E-state index in [1.807, 2.05) is 13.8 Å². The number of hydrogen-bond acceptors (Lipinski definition) is 3. The van der Waals surface area contributed by atoms with Crippen LogP contribution in [0.25, 0.3) is 0 Å². The molecular weight excluding hydrogens is 276 g/mol. The molecule has 0 saturated carbocycles. The van der Waals surface area contributed by atoms with Crippen LogP contribution < -0.4 is 11.1 Å². The minimum atomic E-state index is -0.388. The van der Waals surface area contributed by atoms with Gasteiger partial charge in [0.05, 0.1) is 5.56 Å². The van der Waals surface area contributed by atoms with E-state index in [2.05, 4.69) is 5.32 Å². The quantitative estimate of drug-likeness (QED) is 0.793. The first-order valence-electron chi connectivity index (χ1n) is 6.60. The molecule has 1 amide bonds. The number of hydrogen-bond donors (Lipinski definition) is 2. The number of carbonyl (C=O) groups is 2. The fourth-order valence-corrected chi connectivity index (χ4v) is 1.84. The van der Waals surface area contributed by atoms with Crippen molar-refractivity contribution in [1.29, 1.82) is 0 Å². The molecule has 0 fully saturated rings. The Bertz CT molecular complexity index is 471. The monoisotopic (exact) mass is 298 g/mol. The summed E-state index contributed by atoms with van der Waals surface area (Å²) in [5, 5.41) is 2.82. The second-order valence-electron chi connectivity index (χ2n) is 4.85. The van der Waals surface area contributed by atoms with Crippen molar-refractivity contribution < 1.29 is 9.59 Å². The number of benzene rings is 1. The van der Waals surface area contributed by atoms with Gasteiger partial charge in [0.15, 0.2) is 5.78 Å². The zero-order valence-corrected chi connectivity index (χ0v) is 13.0. The third-order valence-corrected chi connectivity index (χ3v) is 3.56. The zero-order valence-electron chi connectivity index (χ0n) is 12.2. The summed E-state index contributed by atoms with van der Waals surface area (Å²) >= 11 is 0. The first-order valence-corrected chi connectivity index (χ1v) is 6.60. The number of rotatable bonds is 6. The number of Topliss-reactive ketones (excluding diaryl/α,β-unsaturated/α-hetero) is 1. The molecule has 0 aliphatic carbocycles. The van der Waals surface area contributed by atoms with Crippen LogP contribution in [0, 0.1) is 0 Å². The molecule has 0 heterocycles. The molecule has 0 aliphatic heterocycles. The molecule has 5 heteroatoms. The van der Waals surface area contributed by atoms with Crippen LogP contribution in [0.1, 0.15) is 54.3 Å². The van der Waals surface area contributed by atoms with Gasteiger partial charge < -0.3 is 11.1 Å². The maximum absolute atomic E-state index is 12.1. The van der Waals surface area contributed by atoms with Gasteiger partial charge >= 0.3 is 0 Å². The predicted molar refractivity (Wildman–Crippen MR) is 83.5 cm³/mol. The van der Waals surface area contributed by atoms with Gasteiger partial charge in [0.2, 0.25) is 0 Å². The topological polar surface area (TPSA) is 72.2 Å². The zero-order chi connectivity index (χ0) is 14.5. The van der Waals surface area contributed by atoms with Crippen molar-refractivity contribution in [3.05, 3.63) is 35.4 Å². The van der Waals surface area contributed by atoms with Gasteiger partial charge in [-0.15, -0.1) is 12.4 Å². The number of carbonyl (C=O) groups excluding carboxylic acids is 2. The molecule has 1 rings (SSSR count). The lowest BCUT2D eigenvalue weighted by molar-refractivity contribution is 0.0929. The molecule has 0 saturated heterocycles. The molecule has 0 bridgehead atoms. The van der Waals surface area contributed by atoms with Crippen molar-refractivity contribution in [2.45, 2.75) is 39.2 Å². The molecule has 0 aliphatic rings. The summed E-state index contributed by atoms with van der Waals surface area (Å²) in [6.45, 7) is 5.86. The molecule has 1 aromatic rings. The van der Waals surface area contributed by atoms with Gasteiger partial charge in [-0.05, 0) is 25.8 Å². The summed E-state index contributed by atoms with van der Waals surface area (Å²) in [5.41, 5.74) is 6.60. The largest absolute Gasteiger partial charge is 0.350 e. The van der Waals surface area contributed by atoms with E-state index in [1.165, 1.54) is 6.92 Å². The highest BCUT2D eigenvalue weighted by atomic mass is 35.5. The van der Waals surface area contributed by atoms with Crippen LogP contribution in [-0.4, -0.2) is 23.8 Å². The normalized spacial score (nSPS) is 10.6. The van der Waals surface area contributed by atoms with Crippen LogP contribution in [0.15, 0.2) is 24.3 Å². The van der Waals surface area contributed by atoms with E-state index in [4.69, 9.17) is 5.73 Å². The Hall–Kier alpha value is -1.39. The second-order valence-corrected chi connectivity index (χ2v) is 4.85. The molecule has 0 spiro atoms. The Morgan fingerprint density at radius 2 is 1.65 bits per heavy atom. The first-order chi connectivity index (χ1) is 8.93. The molecule has 0 unspecified atom stereocenters. The Kier molecular flexibility index (Phi) is 7.46. The highest BCUT2D eigenvalue weighted by Crippen LogP contribution is 2.12. The second kappa shape index (κ2) is 8.02. The fraction of sp³-hybridized carbons (Fsp3) is 0.467. The average molecular weight is 299 g/mol. The number of halogens is 1. The van der Waals surface area contributed by atoms with Crippen molar-refractivity contribution in [3.8, 4) is 0 Å². The molecule has 0 atom stereocenters. The Morgan fingerprint density at radius 3 is 2.10 bits per heavy atom. The molecule has 1 aromatic carbocycles. The molecular formula is C15H23ClN2O2. The van der Waals surface area contributed by atoms with Gasteiger partial charge in [-0.1, -0.05) is 32.0 Å². The predicted octanol–water partition coefficient (Wildman–Crippen LogP) is 2.56. The lowest BCUT2D eigenvalue weighted by Crippen LogP contribution is -2.49. The lowest BCUT2D eigenvalue weighted by atomic mass is 9.94. The third kappa shape index (κ3) is 4.62. The number of nitrogens with two attached hydrogens (primary N) is 1. The summed E-state index contributed by atoms with van der Waals surface area (Å²) < 4.78 is 0. The highest BCUT2D eigenvalue weighted by molar-refractivity contribution is 6.07. The molecule has 112 valence electrons. The lowest BCUT2D eigenvalue weighted by Gasteiger charge is -2.26. The molecule has 20 heavy (non-hydrogen) atoms. The Balaban J connectivity index is 0.00000361. The molecule has 0 aromatic heterocycles. The summed E-state index contributed by atoms with van der Waals surface area (Å²) in [6, 6.07) is 6.81. The first kappa shape index (κ1) is 18.6. The molecule has 3 N–H and O–H groups in total. The Morgan fingerprint density at radius 1 is 1.15 bits per heavy atom. The Labute approximate surface area is 126 Å². The molecule has 0 radical (unpaired) electrons. The summed E-state index contributed by atoms with van der Waals surface area (Å²) in [5.74, 6) is -0.363. The number of ketones is 1. The summed E-state index contributed by atoms with van der Waals surface area (Å²) in [7, 11) is 0. The average Bonchev–Trinajstić information content (AvgIpc) is 2.44. The van der Waals surface area contributed by atoms with Crippen molar-refractivity contribution in [2.75, 3.05) is 6.54 Å². The van der Waals surface area contributed by atoms with E-state index in [9.17, 15) is 9.59 Å². The fourth-order valence-electron chi connectivity index (χ4n) is 1.84. The van der Waals surface area contributed by atoms with Crippen molar-refractivity contribution in [2.24, 2.45) is 5.73 Å².